The van der Waals surface area contributed by atoms with Crippen molar-refractivity contribution in [3.05, 3.63) is 0 Å². The summed E-state index contributed by atoms with van der Waals surface area (Å²) in [6, 6.07) is 0.0403. The minimum Gasteiger partial charge on any atom is -0.338 e. The van der Waals surface area contributed by atoms with E-state index < -0.39 is 0 Å². The summed E-state index contributed by atoms with van der Waals surface area (Å²) in [5, 5.41) is 3.05. The van der Waals surface area contributed by atoms with E-state index in [0.29, 0.717) is 11.3 Å². The van der Waals surface area contributed by atoms with Gasteiger partial charge < -0.3 is 10.2 Å². The Kier molecular flexibility index (Phi) is 2.89. The second-order valence-corrected chi connectivity index (χ2v) is 6.28. The summed E-state index contributed by atoms with van der Waals surface area (Å²) >= 11 is 0. The largest absolute Gasteiger partial charge is 0.338 e. The van der Waals surface area contributed by atoms with Crippen LogP contribution in [0, 0.1) is 23.2 Å². The van der Waals surface area contributed by atoms with Crippen molar-refractivity contribution in [3.8, 4) is 0 Å². The predicted octanol–water partition coefficient (Wildman–Crippen LogP) is 2.33. The van der Waals surface area contributed by atoms with Gasteiger partial charge in [-0.15, -0.1) is 0 Å². The molecule has 0 saturated heterocycles. The van der Waals surface area contributed by atoms with Crippen molar-refractivity contribution in [1.29, 1.82) is 0 Å². The van der Waals surface area contributed by atoms with Crippen LogP contribution < -0.4 is 5.32 Å². The van der Waals surface area contributed by atoms with E-state index in [1.165, 1.54) is 19.3 Å². The van der Waals surface area contributed by atoms with E-state index in [1.807, 2.05) is 0 Å². The third-order valence-electron chi connectivity index (χ3n) is 4.93. The third kappa shape index (κ3) is 1.80. The van der Waals surface area contributed by atoms with Gasteiger partial charge in [-0.1, -0.05) is 13.8 Å². The first-order valence-corrected chi connectivity index (χ1v) is 6.38. The van der Waals surface area contributed by atoms with Crippen LogP contribution in [0.4, 0.5) is 4.79 Å². The molecule has 3 nitrogen and oxygen atoms in total. The molecular formula is C13H24N2O. The first kappa shape index (κ1) is 11.7. The molecule has 0 unspecified atom stereocenters. The monoisotopic (exact) mass is 224 g/mol. The zero-order chi connectivity index (χ0) is 11.9. The van der Waals surface area contributed by atoms with Gasteiger partial charge >= 0.3 is 6.03 Å². The molecule has 0 heterocycles. The molecule has 3 heteroatoms. The average molecular weight is 224 g/mol. The first-order chi connectivity index (χ1) is 7.43. The van der Waals surface area contributed by atoms with Crippen LogP contribution in [0.5, 0.6) is 0 Å². The molecular weight excluding hydrogens is 200 g/mol. The van der Waals surface area contributed by atoms with Crippen LogP contribution in [0.1, 0.15) is 33.1 Å². The standard InChI is InChI=1S/C13H24N2O/c1-13(2)10-6-5-9(7-10)11(13)8-14-12(16)15(3)4/h9-11H,5-8H2,1-4H3,(H,14,16)/t9-,10+,11+/m1/s1. The van der Waals surface area contributed by atoms with Crippen LogP contribution >= 0.6 is 0 Å². The quantitative estimate of drug-likeness (QED) is 0.767. The van der Waals surface area contributed by atoms with Gasteiger partial charge in [0.05, 0.1) is 0 Å². The first-order valence-electron chi connectivity index (χ1n) is 6.38. The van der Waals surface area contributed by atoms with Crippen molar-refractivity contribution in [2.75, 3.05) is 20.6 Å². The lowest BCUT2D eigenvalue weighted by Gasteiger charge is -2.38. The number of nitrogens with zero attached hydrogens (tertiary/aromatic N) is 1. The van der Waals surface area contributed by atoms with Gasteiger partial charge in [0, 0.05) is 20.6 Å². The van der Waals surface area contributed by atoms with Crippen LogP contribution in [0.2, 0.25) is 0 Å². The topological polar surface area (TPSA) is 32.3 Å². The lowest BCUT2D eigenvalue weighted by atomic mass is 9.69. The van der Waals surface area contributed by atoms with Crippen LogP contribution in [0.15, 0.2) is 0 Å². The van der Waals surface area contributed by atoms with Crippen LogP contribution in [-0.2, 0) is 0 Å². The van der Waals surface area contributed by atoms with Gasteiger partial charge in [0.25, 0.3) is 0 Å². The molecule has 2 aliphatic rings. The van der Waals surface area contributed by atoms with E-state index >= 15 is 0 Å². The molecule has 2 saturated carbocycles. The van der Waals surface area contributed by atoms with Crippen molar-refractivity contribution in [2.24, 2.45) is 23.2 Å². The highest BCUT2D eigenvalue weighted by Crippen LogP contribution is 2.58. The number of carbonyl (C=O) groups excluding carboxylic acids is 1. The highest BCUT2D eigenvalue weighted by Gasteiger charge is 2.52. The lowest BCUT2D eigenvalue weighted by molar-refractivity contribution is 0.120. The van der Waals surface area contributed by atoms with Gasteiger partial charge in [-0.05, 0) is 42.4 Å². The Labute approximate surface area is 98.6 Å². The fourth-order valence-electron chi connectivity index (χ4n) is 3.75. The molecule has 2 bridgehead atoms. The summed E-state index contributed by atoms with van der Waals surface area (Å²) in [5.74, 6) is 2.41. The average Bonchev–Trinajstić information content (AvgIpc) is 2.73. The van der Waals surface area contributed by atoms with E-state index in [-0.39, 0.29) is 6.03 Å². The number of carbonyl (C=O) groups is 1. The molecule has 16 heavy (non-hydrogen) atoms. The van der Waals surface area contributed by atoms with Crippen LogP contribution in [-0.4, -0.2) is 31.6 Å². The summed E-state index contributed by atoms with van der Waals surface area (Å²) in [5.41, 5.74) is 0.419. The van der Waals surface area contributed by atoms with Gasteiger partial charge in [0.15, 0.2) is 0 Å². The Morgan fingerprint density at radius 3 is 2.56 bits per heavy atom. The number of rotatable bonds is 2. The smallest absolute Gasteiger partial charge is 0.316 e. The number of urea groups is 1. The summed E-state index contributed by atoms with van der Waals surface area (Å²) < 4.78 is 0. The Balaban J connectivity index is 1.93. The maximum absolute atomic E-state index is 11.5. The fraction of sp³-hybridized carbons (Fsp3) is 0.923. The van der Waals surface area contributed by atoms with Gasteiger partial charge in [0.1, 0.15) is 0 Å². The molecule has 2 fully saturated rings. The second kappa shape index (κ2) is 3.94. The second-order valence-electron chi connectivity index (χ2n) is 6.28. The van der Waals surface area contributed by atoms with Crippen LogP contribution in [0.25, 0.3) is 0 Å². The normalized spacial score (nSPS) is 35.1. The number of nitrogens with one attached hydrogen (secondary N) is 1. The zero-order valence-corrected chi connectivity index (χ0v) is 10.9. The number of amides is 2. The van der Waals surface area contributed by atoms with Gasteiger partial charge in [-0.3, -0.25) is 0 Å². The molecule has 1 N–H and O–H groups in total. The van der Waals surface area contributed by atoms with Gasteiger partial charge in [-0.2, -0.15) is 0 Å². The molecule has 0 aromatic heterocycles. The zero-order valence-electron chi connectivity index (χ0n) is 10.9. The highest BCUT2D eigenvalue weighted by molar-refractivity contribution is 5.73. The maximum Gasteiger partial charge on any atom is 0.316 e. The molecule has 0 spiro atoms. The van der Waals surface area contributed by atoms with Gasteiger partial charge in [-0.25, -0.2) is 4.79 Å². The summed E-state index contributed by atoms with van der Waals surface area (Å²) in [6.45, 7) is 5.61. The molecule has 2 rings (SSSR count). The van der Waals surface area contributed by atoms with E-state index in [0.717, 1.165) is 18.4 Å². The molecule has 92 valence electrons. The third-order valence-corrected chi connectivity index (χ3v) is 4.93. The molecule has 0 radical (unpaired) electrons. The lowest BCUT2D eigenvalue weighted by Crippen LogP contribution is -2.43. The summed E-state index contributed by atoms with van der Waals surface area (Å²) in [7, 11) is 3.59. The number of hydrogen-bond acceptors (Lipinski definition) is 1. The van der Waals surface area contributed by atoms with Crippen molar-refractivity contribution in [1.82, 2.24) is 10.2 Å². The number of hydrogen-bond donors (Lipinski definition) is 1. The molecule has 0 aliphatic heterocycles. The van der Waals surface area contributed by atoms with Crippen molar-refractivity contribution >= 4 is 6.03 Å². The maximum atomic E-state index is 11.5. The summed E-state index contributed by atoms with van der Waals surface area (Å²) in [4.78, 5) is 13.1. The van der Waals surface area contributed by atoms with E-state index in [1.54, 1.807) is 19.0 Å². The van der Waals surface area contributed by atoms with E-state index in [9.17, 15) is 4.79 Å². The Morgan fingerprint density at radius 2 is 2.06 bits per heavy atom. The molecule has 3 atom stereocenters. The van der Waals surface area contributed by atoms with Crippen molar-refractivity contribution in [2.45, 2.75) is 33.1 Å². The van der Waals surface area contributed by atoms with E-state index in [2.05, 4.69) is 19.2 Å². The molecule has 0 aromatic carbocycles. The Morgan fingerprint density at radius 1 is 1.38 bits per heavy atom. The Hall–Kier alpha value is -0.730. The highest BCUT2D eigenvalue weighted by atomic mass is 16.2. The van der Waals surface area contributed by atoms with Gasteiger partial charge in [0.2, 0.25) is 0 Å². The SMILES string of the molecule is CN(C)C(=O)NC[C@H]1[C@@H]2CC[C@@H](C2)C1(C)C. The van der Waals surface area contributed by atoms with Crippen molar-refractivity contribution < 1.29 is 4.79 Å². The Bertz CT molecular complexity index is 286. The predicted molar refractivity (Wildman–Crippen MR) is 65.2 cm³/mol. The minimum absolute atomic E-state index is 0.0403. The van der Waals surface area contributed by atoms with Crippen molar-refractivity contribution in [3.63, 3.8) is 0 Å². The minimum atomic E-state index is 0.0403. The number of fused-ring (bicyclic) bond motifs is 2. The summed E-state index contributed by atoms with van der Waals surface area (Å²) in [6.07, 6.45) is 4.15. The fourth-order valence-corrected chi connectivity index (χ4v) is 3.75. The van der Waals surface area contributed by atoms with Crippen LogP contribution in [0.3, 0.4) is 0 Å². The molecule has 2 aliphatic carbocycles. The molecule has 2 amide bonds. The molecule has 0 aromatic rings. The van der Waals surface area contributed by atoms with E-state index in [4.69, 9.17) is 0 Å².